The van der Waals surface area contributed by atoms with E-state index in [0.29, 0.717) is 54.1 Å². The number of ether oxygens (including phenoxy) is 2. The van der Waals surface area contributed by atoms with Crippen LogP contribution in [0.25, 0.3) is 0 Å². The molecule has 0 spiro atoms. The molecule has 1 aliphatic heterocycles. The second-order valence-corrected chi connectivity index (χ2v) is 5.89. The molecule has 0 unspecified atom stereocenters. The van der Waals surface area contributed by atoms with E-state index in [4.69, 9.17) is 26.8 Å². The number of nitrogens with zero attached hydrogens (tertiary/aromatic N) is 1. The van der Waals surface area contributed by atoms with Crippen molar-refractivity contribution in [2.75, 3.05) is 25.5 Å². The molecule has 0 aliphatic carbocycles. The first-order valence-corrected chi connectivity index (χ1v) is 8.09. The van der Waals surface area contributed by atoms with Gasteiger partial charge in [-0.05, 0) is 11.6 Å². The molecule has 1 aromatic heterocycles. The number of halogens is 1. The summed E-state index contributed by atoms with van der Waals surface area (Å²) >= 11 is 6.19. The zero-order valence-corrected chi connectivity index (χ0v) is 14.1. The Kier molecular flexibility index (Phi) is 5.08. The molecule has 3 rings (SSSR count). The number of nitrogens with two attached hydrogens (primary N) is 1. The van der Waals surface area contributed by atoms with E-state index in [-0.39, 0.29) is 23.7 Å². The number of carbonyl (C=O) groups excluding carboxylic acids is 1. The summed E-state index contributed by atoms with van der Waals surface area (Å²) < 4.78 is 10.9. The molecule has 0 saturated heterocycles. The summed E-state index contributed by atoms with van der Waals surface area (Å²) in [5.74, 6) is 1.53. The van der Waals surface area contributed by atoms with Gasteiger partial charge in [0.15, 0.2) is 11.5 Å². The van der Waals surface area contributed by atoms with Gasteiger partial charge in [-0.3, -0.25) is 9.59 Å². The minimum atomic E-state index is -0.322. The topological polar surface area (TPSA) is 119 Å². The number of amides is 1. The highest BCUT2D eigenvalue weighted by Crippen LogP contribution is 2.35. The average Bonchev–Trinajstić information content (AvgIpc) is 2.54. The third kappa shape index (κ3) is 4.42. The summed E-state index contributed by atoms with van der Waals surface area (Å²) in [7, 11) is 0. The molecule has 0 bridgehead atoms. The number of H-pyrrole nitrogens is 1. The van der Waals surface area contributed by atoms with Gasteiger partial charge in [0, 0.05) is 30.1 Å². The van der Waals surface area contributed by atoms with Crippen molar-refractivity contribution in [1.29, 1.82) is 0 Å². The van der Waals surface area contributed by atoms with Gasteiger partial charge >= 0.3 is 0 Å². The lowest BCUT2D eigenvalue weighted by molar-refractivity contribution is -0.120. The van der Waals surface area contributed by atoms with Crippen LogP contribution in [0, 0.1) is 0 Å². The molecule has 132 valence electrons. The van der Waals surface area contributed by atoms with Gasteiger partial charge in [-0.25, -0.2) is 4.98 Å². The van der Waals surface area contributed by atoms with E-state index < -0.39 is 0 Å². The van der Waals surface area contributed by atoms with Crippen LogP contribution in [-0.2, 0) is 17.6 Å². The maximum absolute atomic E-state index is 12.1. The highest BCUT2D eigenvalue weighted by molar-refractivity contribution is 6.31. The van der Waals surface area contributed by atoms with Crippen molar-refractivity contribution >= 4 is 23.3 Å². The van der Waals surface area contributed by atoms with E-state index in [0.717, 1.165) is 0 Å². The van der Waals surface area contributed by atoms with E-state index in [2.05, 4.69) is 15.3 Å². The minimum absolute atomic E-state index is 0.107. The van der Waals surface area contributed by atoms with Crippen LogP contribution in [0.3, 0.4) is 0 Å². The van der Waals surface area contributed by atoms with Gasteiger partial charge in [-0.1, -0.05) is 11.6 Å². The van der Waals surface area contributed by atoms with Crippen LogP contribution in [-0.4, -0.2) is 35.6 Å². The van der Waals surface area contributed by atoms with Crippen molar-refractivity contribution in [3.63, 3.8) is 0 Å². The lowest BCUT2D eigenvalue weighted by Gasteiger charge is -2.19. The predicted octanol–water partition coefficient (Wildman–Crippen LogP) is 0.678. The van der Waals surface area contributed by atoms with Crippen LogP contribution < -0.4 is 26.1 Å². The first kappa shape index (κ1) is 17.1. The Bertz CT molecular complexity index is 853. The molecule has 9 heteroatoms. The van der Waals surface area contributed by atoms with Gasteiger partial charge in [-0.15, -0.1) is 0 Å². The third-order valence-corrected chi connectivity index (χ3v) is 3.91. The van der Waals surface area contributed by atoms with Crippen LogP contribution in [0.5, 0.6) is 11.5 Å². The average molecular weight is 365 g/mol. The van der Waals surface area contributed by atoms with Crippen molar-refractivity contribution in [2.45, 2.75) is 12.8 Å². The maximum atomic E-state index is 12.1. The van der Waals surface area contributed by atoms with Gasteiger partial charge in [0.2, 0.25) is 5.91 Å². The highest BCUT2D eigenvalue weighted by atomic mass is 35.5. The predicted molar refractivity (Wildman–Crippen MR) is 92.1 cm³/mol. The van der Waals surface area contributed by atoms with Gasteiger partial charge in [0.25, 0.3) is 5.56 Å². The van der Waals surface area contributed by atoms with E-state index >= 15 is 0 Å². The van der Waals surface area contributed by atoms with E-state index in [1.165, 1.54) is 6.07 Å². The Morgan fingerprint density at radius 3 is 2.72 bits per heavy atom. The second kappa shape index (κ2) is 7.43. The summed E-state index contributed by atoms with van der Waals surface area (Å²) in [6, 6.07) is 4.57. The lowest BCUT2D eigenvalue weighted by atomic mass is 10.1. The molecule has 0 radical (unpaired) electrons. The third-order valence-electron chi connectivity index (χ3n) is 3.56. The number of hydrogen-bond donors (Lipinski definition) is 3. The van der Waals surface area contributed by atoms with Crippen LogP contribution in [0.4, 0.5) is 5.82 Å². The molecule has 8 nitrogen and oxygen atoms in total. The second-order valence-electron chi connectivity index (χ2n) is 5.48. The van der Waals surface area contributed by atoms with Gasteiger partial charge in [0.1, 0.15) is 24.9 Å². The monoisotopic (exact) mass is 364 g/mol. The quantitative estimate of drug-likeness (QED) is 0.717. The fraction of sp³-hybridized carbons (Fsp3) is 0.312. The van der Waals surface area contributed by atoms with E-state index in [1.54, 1.807) is 12.1 Å². The first-order valence-electron chi connectivity index (χ1n) is 7.71. The zero-order valence-electron chi connectivity index (χ0n) is 13.3. The Morgan fingerprint density at radius 2 is 2.00 bits per heavy atom. The number of nitrogen functional groups attached to an aromatic ring is 1. The number of carbonyl (C=O) groups is 1. The highest BCUT2D eigenvalue weighted by Gasteiger charge is 2.16. The molecular formula is C16H17ClN4O4. The molecule has 1 amide bonds. The smallest absolute Gasteiger partial charge is 0.252 e. The minimum Gasteiger partial charge on any atom is -0.486 e. The van der Waals surface area contributed by atoms with Crippen LogP contribution >= 0.6 is 11.6 Å². The zero-order chi connectivity index (χ0) is 17.8. The molecule has 0 saturated carbocycles. The fourth-order valence-electron chi connectivity index (χ4n) is 2.44. The number of benzene rings is 1. The molecule has 1 aliphatic rings. The van der Waals surface area contributed by atoms with Crippen molar-refractivity contribution in [2.24, 2.45) is 0 Å². The number of fused-ring (bicyclic) bond motifs is 1. The Morgan fingerprint density at radius 1 is 1.28 bits per heavy atom. The Balaban J connectivity index is 1.56. The van der Waals surface area contributed by atoms with Gasteiger partial charge < -0.3 is 25.5 Å². The molecule has 2 aromatic rings. The van der Waals surface area contributed by atoms with Crippen LogP contribution in [0.2, 0.25) is 5.02 Å². The molecular weight excluding hydrogens is 348 g/mol. The van der Waals surface area contributed by atoms with Gasteiger partial charge in [0.05, 0.1) is 6.42 Å². The molecule has 1 aromatic carbocycles. The van der Waals surface area contributed by atoms with Crippen molar-refractivity contribution in [1.82, 2.24) is 15.3 Å². The summed E-state index contributed by atoms with van der Waals surface area (Å²) in [6.07, 6.45) is 0.469. The van der Waals surface area contributed by atoms with E-state index in [1.807, 2.05) is 0 Å². The first-order chi connectivity index (χ1) is 12.0. The number of anilines is 1. The molecule has 25 heavy (non-hydrogen) atoms. The maximum Gasteiger partial charge on any atom is 0.252 e. The summed E-state index contributed by atoms with van der Waals surface area (Å²) in [4.78, 5) is 30.0. The number of rotatable bonds is 5. The van der Waals surface area contributed by atoms with Crippen molar-refractivity contribution < 1.29 is 14.3 Å². The largest absolute Gasteiger partial charge is 0.486 e. The van der Waals surface area contributed by atoms with Crippen LogP contribution in [0.1, 0.15) is 11.4 Å². The summed E-state index contributed by atoms with van der Waals surface area (Å²) in [5.41, 5.74) is 5.84. The number of aromatic amines is 1. The van der Waals surface area contributed by atoms with E-state index in [9.17, 15) is 9.59 Å². The molecule has 2 heterocycles. The summed E-state index contributed by atoms with van der Waals surface area (Å²) in [6.45, 7) is 1.25. The van der Waals surface area contributed by atoms with Crippen LogP contribution in [0.15, 0.2) is 23.0 Å². The number of aromatic nitrogens is 2. The number of hydrogen-bond acceptors (Lipinski definition) is 6. The Hall–Kier alpha value is -2.74. The number of nitrogens with one attached hydrogen (secondary N) is 2. The fourth-order valence-corrected chi connectivity index (χ4v) is 2.66. The lowest BCUT2D eigenvalue weighted by Crippen LogP contribution is -2.28. The van der Waals surface area contributed by atoms with Gasteiger partial charge in [-0.2, -0.15) is 0 Å². The summed E-state index contributed by atoms with van der Waals surface area (Å²) in [5, 5.41) is 3.20. The normalized spacial score (nSPS) is 12.7. The van der Waals surface area contributed by atoms with Crippen molar-refractivity contribution in [3.05, 3.63) is 45.0 Å². The molecule has 4 N–H and O–H groups in total. The van der Waals surface area contributed by atoms with Crippen molar-refractivity contribution in [3.8, 4) is 11.5 Å². The standard InChI is InChI=1S/C16H17ClN4O4/c17-10-7-12-11(24-3-4-25-12)5-9(10)6-15(22)19-2-1-14-20-13(18)8-16(23)21-14/h5,7-8H,1-4,6H2,(H,19,22)(H3,18,20,21,23). The molecule has 0 fully saturated rings. The molecule has 0 atom stereocenters. The Labute approximate surface area is 148 Å². The SMILES string of the molecule is Nc1cc(=O)[nH]c(CCNC(=O)Cc2cc3c(cc2Cl)OCCO3)n1.